The van der Waals surface area contributed by atoms with Crippen molar-refractivity contribution in [1.29, 1.82) is 0 Å². The van der Waals surface area contributed by atoms with E-state index in [0.29, 0.717) is 0 Å². The predicted molar refractivity (Wildman–Crippen MR) is 71.6 cm³/mol. The Morgan fingerprint density at radius 3 is 2.39 bits per heavy atom. The highest BCUT2D eigenvalue weighted by molar-refractivity contribution is 5.79. The minimum atomic E-state index is -0.627. The molecule has 0 aromatic rings. The Kier molecular flexibility index (Phi) is 3.70. The van der Waals surface area contributed by atoms with Crippen molar-refractivity contribution >= 4 is 5.97 Å². The number of nitrogens with one attached hydrogen (secondary N) is 1. The lowest BCUT2D eigenvalue weighted by molar-refractivity contribution is -0.162. The van der Waals surface area contributed by atoms with Gasteiger partial charge in [-0.3, -0.25) is 9.69 Å². The zero-order valence-corrected chi connectivity index (χ0v) is 11.8. The smallest absolute Gasteiger partial charge is 0.324 e. The van der Waals surface area contributed by atoms with E-state index < -0.39 is 11.5 Å². The third-order valence-electron chi connectivity index (χ3n) is 4.91. The highest BCUT2D eigenvalue weighted by atomic mass is 16.4. The molecule has 1 heterocycles. The second-order valence-electron chi connectivity index (χ2n) is 6.74. The van der Waals surface area contributed by atoms with Crippen LogP contribution in [-0.4, -0.2) is 47.7 Å². The fourth-order valence-corrected chi connectivity index (χ4v) is 3.86. The van der Waals surface area contributed by atoms with E-state index >= 15 is 0 Å². The molecule has 2 fully saturated rings. The Balaban J connectivity index is 2.24. The Morgan fingerprint density at radius 1 is 1.28 bits per heavy atom. The van der Waals surface area contributed by atoms with Gasteiger partial charge in [0.1, 0.15) is 5.54 Å². The molecule has 4 heteroatoms. The van der Waals surface area contributed by atoms with Gasteiger partial charge in [0.15, 0.2) is 0 Å². The SMILES string of the molecule is CC1CC(C)(C)CCC1(C(=O)O)N1CCNCC1. The van der Waals surface area contributed by atoms with Crippen molar-refractivity contribution in [1.82, 2.24) is 10.2 Å². The summed E-state index contributed by atoms with van der Waals surface area (Å²) in [7, 11) is 0. The molecule has 104 valence electrons. The zero-order valence-electron chi connectivity index (χ0n) is 11.8. The summed E-state index contributed by atoms with van der Waals surface area (Å²) in [5, 5.41) is 13.1. The number of rotatable bonds is 2. The minimum absolute atomic E-state index is 0.219. The summed E-state index contributed by atoms with van der Waals surface area (Å²) in [6.07, 6.45) is 2.80. The average Bonchev–Trinajstić information content (AvgIpc) is 2.29. The van der Waals surface area contributed by atoms with E-state index in [4.69, 9.17) is 0 Å². The van der Waals surface area contributed by atoms with Crippen LogP contribution in [0.15, 0.2) is 0 Å². The molecule has 2 atom stereocenters. The van der Waals surface area contributed by atoms with Gasteiger partial charge in [0.2, 0.25) is 0 Å². The molecule has 1 saturated carbocycles. The molecule has 2 rings (SSSR count). The number of hydrogen-bond acceptors (Lipinski definition) is 3. The fraction of sp³-hybridized carbons (Fsp3) is 0.929. The number of carbonyl (C=O) groups is 1. The number of aliphatic carboxylic acids is 1. The van der Waals surface area contributed by atoms with Gasteiger partial charge in [-0.15, -0.1) is 0 Å². The van der Waals surface area contributed by atoms with Crippen molar-refractivity contribution in [2.45, 2.75) is 45.6 Å². The highest BCUT2D eigenvalue weighted by Crippen LogP contribution is 2.46. The normalized spacial score (nSPS) is 37.4. The largest absolute Gasteiger partial charge is 0.480 e. The molecule has 1 aliphatic carbocycles. The number of piperazine rings is 1. The van der Waals surface area contributed by atoms with Crippen molar-refractivity contribution in [2.75, 3.05) is 26.2 Å². The fourth-order valence-electron chi connectivity index (χ4n) is 3.86. The summed E-state index contributed by atoms with van der Waals surface area (Å²) in [6, 6.07) is 0. The van der Waals surface area contributed by atoms with Gasteiger partial charge in [0.05, 0.1) is 0 Å². The van der Waals surface area contributed by atoms with Crippen LogP contribution in [0.1, 0.15) is 40.0 Å². The standard InChI is InChI=1S/C14H26N2O2/c1-11-10-13(2,3)4-5-14(11,12(17)18)16-8-6-15-7-9-16/h11,15H,4-10H2,1-3H3,(H,17,18). The highest BCUT2D eigenvalue weighted by Gasteiger charge is 2.52. The molecule has 4 nitrogen and oxygen atoms in total. The summed E-state index contributed by atoms with van der Waals surface area (Å²) < 4.78 is 0. The van der Waals surface area contributed by atoms with Crippen LogP contribution >= 0.6 is 0 Å². The Bertz CT molecular complexity index is 324. The van der Waals surface area contributed by atoms with Gasteiger partial charge in [0, 0.05) is 26.2 Å². The number of carboxylic acids is 1. The summed E-state index contributed by atoms with van der Waals surface area (Å²) in [4.78, 5) is 14.1. The van der Waals surface area contributed by atoms with Crippen LogP contribution in [0.2, 0.25) is 0 Å². The maximum atomic E-state index is 11.9. The van der Waals surface area contributed by atoms with Crippen molar-refractivity contribution in [3.05, 3.63) is 0 Å². The summed E-state index contributed by atoms with van der Waals surface area (Å²) in [5.74, 6) is -0.399. The van der Waals surface area contributed by atoms with Crippen molar-refractivity contribution in [3.8, 4) is 0 Å². The molecule has 1 aliphatic heterocycles. The predicted octanol–water partition coefficient (Wildman–Crippen LogP) is 1.56. The summed E-state index contributed by atoms with van der Waals surface area (Å²) in [6.45, 7) is 10.2. The van der Waals surface area contributed by atoms with Crippen LogP contribution in [0.4, 0.5) is 0 Å². The zero-order chi connectivity index (χ0) is 13.4. The van der Waals surface area contributed by atoms with Crippen LogP contribution in [0.25, 0.3) is 0 Å². The van der Waals surface area contributed by atoms with Crippen molar-refractivity contribution in [3.63, 3.8) is 0 Å². The van der Waals surface area contributed by atoms with Gasteiger partial charge in [-0.1, -0.05) is 20.8 Å². The lowest BCUT2D eigenvalue weighted by Crippen LogP contribution is -2.65. The Morgan fingerprint density at radius 2 is 1.89 bits per heavy atom. The maximum Gasteiger partial charge on any atom is 0.324 e. The molecule has 0 bridgehead atoms. The van der Waals surface area contributed by atoms with Gasteiger partial charge in [-0.25, -0.2) is 0 Å². The van der Waals surface area contributed by atoms with E-state index in [1.165, 1.54) is 0 Å². The summed E-state index contributed by atoms with van der Waals surface area (Å²) in [5.41, 5.74) is -0.343. The van der Waals surface area contributed by atoms with E-state index in [1.807, 2.05) is 0 Å². The second-order valence-corrected chi connectivity index (χ2v) is 6.74. The molecular formula is C14H26N2O2. The monoisotopic (exact) mass is 254 g/mol. The lowest BCUT2D eigenvalue weighted by atomic mass is 9.63. The van der Waals surface area contributed by atoms with E-state index in [9.17, 15) is 9.90 Å². The Labute approximate surface area is 110 Å². The molecule has 0 aromatic carbocycles. The van der Waals surface area contributed by atoms with Crippen LogP contribution in [0, 0.1) is 11.3 Å². The van der Waals surface area contributed by atoms with Gasteiger partial charge in [0.25, 0.3) is 0 Å². The molecule has 0 aromatic heterocycles. The first-order valence-corrected chi connectivity index (χ1v) is 7.08. The van der Waals surface area contributed by atoms with Crippen molar-refractivity contribution < 1.29 is 9.90 Å². The van der Waals surface area contributed by atoms with Gasteiger partial charge < -0.3 is 10.4 Å². The van der Waals surface area contributed by atoms with Gasteiger partial charge >= 0.3 is 5.97 Å². The molecule has 2 aliphatic rings. The molecule has 0 amide bonds. The van der Waals surface area contributed by atoms with Gasteiger partial charge in [-0.2, -0.15) is 0 Å². The van der Waals surface area contributed by atoms with E-state index in [1.54, 1.807) is 0 Å². The average molecular weight is 254 g/mol. The maximum absolute atomic E-state index is 11.9. The van der Waals surface area contributed by atoms with Crippen LogP contribution in [0.3, 0.4) is 0 Å². The minimum Gasteiger partial charge on any atom is -0.480 e. The van der Waals surface area contributed by atoms with Crippen LogP contribution in [0.5, 0.6) is 0 Å². The number of nitrogens with zero attached hydrogens (tertiary/aromatic N) is 1. The molecular weight excluding hydrogens is 228 g/mol. The number of carboxylic acid groups (broad SMARTS) is 1. The van der Waals surface area contributed by atoms with Crippen LogP contribution in [-0.2, 0) is 4.79 Å². The summed E-state index contributed by atoms with van der Waals surface area (Å²) >= 11 is 0. The molecule has 2 unspecified atom stereocenters. The topological polar surface area (TPSA) is 52.6 Å². The Hall–Kier alpha value is -0.610. The first-order valence-electron chi connectivity index (χ1n) is 7.08. The van der Waals surface area contributed by atoms with E-state index in [-0.39, 0.29) is 11.3 Å². The van der Waals surface area contributed by atoms with Crippen LogP contribution < -0.4 is 5.32 Å². The third-order valence-corrected chi connectivity index (χ3v) is 4.91. The van der Waals surface area contributed by atoms with E-state index in [0.717, 1.165) is 45.4 Å². The number of hydrogen-bond donors (Lipinski definition) is 2. The molecule has 18 heavy (non-hydrogen) atoms. The molecule has 0 radical (unpaired) electrons. The second kappa shape index (κ2) is 4.82. The molecule has 2 N–H and O–H groups in total. The van der Waals surface area contributed by atoms with Crippen molar-refractivity contribution in [2.24, 2.45) is 11.3 Å². The third kappa shape index (κ3) is 2.28. The first kappa shape index (κ1) is 13.8. The lowest BCUT2D eigenvalue weighted by Gasteiger charge is -2.52. The van der Waals surface area contributed by atoms with Gasteiger partial charge in [-0.05, 0) is 30.6 Å². The first-order chi connectivity index (χ1) is 8.38. The quantitative estimate of drug-likeness (QED) is 0.785. The molecule has 1 saturated heterocycles. The molecule has 0 spiro atoms. The van der Waals surface area contributed by atoms with E-state index in [2.05, 4.69) is 31.0 Å².